The molecule has 1 aromatic carbocycles. The number of rotatable bonds is 4. The molecule has 3 rings (SSSR count). The van der Waals surface area contributed by atoms with Crippen molar-refractivity contribution in [3.8, 4) is 0 Å². The van der Waals surface area contributed by atoms with Crippen molar-refractivity contribution < 1.29 is 13.2 Å². The maximum absolute atomic E-state index is 13.0. The molecule has 2 saturated heterocycles. The third-order valence-electron chi connectivity index (χ3n) is 5.51. The van der Waals surface area contributed by atoms with Crippen LogP contribution in [0.1, 0.15) is 48.0 Å². The third-order valence-corrected chi connectivity index (χ3v) is 7.40. The minimum atomic E-state index is -3.53. The van der Waals surface area contributed by atoms with Gasteiger partial charge in [-0.05, 0) is 57.4 Å². The second kappa shape index (κ2) is 8.06. The maximum atomic E-state index is 13.0. The highest BCUT2D eigenvalue weighted by molar-refractivity contribution is 7.89. The smallest absolute Gasteiger partial charge is 0.254 e. The maximum Gasteiger partial charge on any atom is 0.254 e. The number of carbonyl (C=O) groups is 1. The van der Waals surface area contributed by atoms with Crippen LogP contribution in [0.3, 0.4) is 0 Å². The zero-order valence-electron chi connectivity index (χ0n) is 15.7. The first-order valence-electron chi connectivity index (χ1n) is 9.51. The van der Waals surface area contributed by atoms with Crippen LogP contribution >= 0.6 is 0 Å². The summed E-state index contributed by atoms with van der Waals surface area (Å²) < 4.78 is 27.4. The molecule has 2 fully saturated rings. The molecule has 26 heavy (non-hydrogen) atoms. The standard InChI is InChI=1S/C19H29N3O3S/c1-15-8-9-17(26(24,25)22-11-4-3-5-12-22)13-18(15)19(23)21-10-6-7-16(14-21)20-2/h8-9,13,16,20H,3-7,10-12,14H2,1-2H3. The number of nitrogens with one attached hydrogen (secondary N) is 1. The zero-order valence-corrected chi connectivity index (χ0v) is 16.5. The summed E-state index contributed by atoms with van der Waals surface area (Å²) in [5.41, 5.74) is 1.32. The largest absolute Gasteiger partial charge is 0.337 e. The number of nitrogens with zero attached hydrogens (tertiary/aromatic N) is 2. The Balaban J connectivity index is 1.86. The summed E-state index contributed by atoms with van der Waals surface area (Å²) in [7, 11) is -1.62. The molecule has 0 aliphatic carbocycles. The first-order chi connectivity index (χ1) is 12.4. The summed E-state index contributed by atoms with van der Waals surface area (Å²) in [5, 5.41) is 3.24. The van der Waals surface area contributed by atoms with E-state index in [2.05, 4.69) is 5.32 Å². The van der Waals surface area contributed by atoms with Gasteiger partial charge in [0.05, 0.1) is 4.90 Å². The van der Waals surface area contributed by atoms with Crippen molar-refractivity contribution in [1.82, 2.24) is 14.5 Å². The fourth-order valence-electron chi connectivity index (χ4n) is 3.81. The van der Waals surface area contributed by atoms with E-state index >= 15 is 0 Å². The molecule has 7 heteroatoms. The van der Waals surface area contributed by atoms with Gasteiger partial charge in [-0.15, -0.1) is 0 Å². The van der Waals surface area contributed by atoms with Gasteiger partial charge in [-0.25, -0.2) is 8.42 Å². The lowest BCUT2D eigenvalue weighted by Gasteiger charge is -2.33. The average molecular weight is 380 g/mol. The molecule has 1 N–H and O–H groups in total. The fraction of sp³-hybridized carbons (Fsp3) is 0.632. The minimum absolute atomic E-state index is 0.0712. The van der Waals surface area contributed by atoms with Crippen LogP contribution < -0.4 is 5.32 Å². The Morgan fingerprint density at radius 1 is 1.12 bits per heavy atom. The Bertz CT molecular complexity index is 757. The molecular weight excluding hydrogens is 350 g/mol. The zero-order chi connectivity index (χ0) is 18.7. The molecule has 2 aliphatic heterocycles. The quantitative estimate of drug-likeness (QED) is 0.869. The van der Waals surface area contributed by atoms with Crippen LogP contribution in [0.15, 0.2) is 23.1 Å². The highest BCUT2D eigenvalue weighted by atomic mass is 32.2. The molecule has 0 saturated carbocycles. The number of sulfonamides is 1. The van der Waals surface area contributed by atoms with Crippen LogP contribution in [0, 0.1) is 6.92 Å². The molecule has 1 atom stereocenters. The van der Waals surface area contributed by atoms with Gasteiger partial charge in [0.15, 0.2) is 0 Å². The predicted molar refractivity (Wildman–Crippen MR) is 102 cm³/mol. The van der Waals surface area contributed by atoms with Gasteiger partial charge in [-0.2, -0.15) is 4.31 Å². The first kappa shape index (κ1) is 19.3. The van der Waals surface area contributed by atoms with E-state index in [1.807, 2.05) is 18.9 Å². The number of piperidine rings is 2. The number of hydrogen-bond acceptors (Lipinski definition) is 4. The van der Waals surface area contributed by atoms with Crippen LogP contribution in [0.5, 0.6) is 0 Å². The summed E-state index contributed by atoms with van der Waals surface area (Å²) in [6.45, 7) is 4.38. The van der Waals surface area contributed by atoms with Crippen molar-refractivity contribution >= 4 is 15.9 Å². The molecule has 0 spiro atoms. The van der Waals surface area contributed by atoms with E-state index in [1.54, 1.807) is 22.5 Å². The molecule has 1 unspecified atom stereocenters. The molecule has 1 aromatic rings. The number of carbonyl (C=O) groups excluding carboxylic acids is 1. The Kier molecular flexibility index (Phi) is 5.99. The Morgan fingerprint density at radius 2 is 1.85 bits per heavy atom. The molecule has 1 amide bonds. The number of benzene rings is 1. The molecule has 2 heterocycles. The lowest BCUT2D eigenvalue weighted by atomic mass is 10.0. The van der Waals surface area contributed by atoms with Gasteiger partial charge in [0, 0.05) is 37.8 Å². The summed E-state index contributed by atoms with van der Waals surface area (Å²) in [6.07, 6.45) is 4.89. The van der Waals surface area contributed by atoms with Crippen molar-refractivity contribution in [2.24, 2.45) is 0 Å². The van der Waals surface area contributed by atoms with Crippen LogP contribution in [0.2, 0.25) is 0 Å². The molecule has 0 bridgehead atoms. The summed E-state index contributed by atoms with van der Waals surface area (Å²) in [6, 6.07) is 5.25. The lowest BCUT2D eigenvalue weighted by Crippen LogP contribution is -2.47. The van der Waals surface area contributed by atoms with Crippen LogP contribution in [-0.2, 0) is 10.0 Å². The highest BCUT2D eigenvalue weighted by Gasteiger charge is 2.29. The Hall–Kier alpha value is -1.44. The van der Waals surface area contributed by atoms with Crippen LogP contribution in [0.25, 0.3) is 0 Å². The lowest BCUT2D eigenvalue weighted by molar-refractivity contribution is 0.0697. The molecule has 144 valence electrons. The number of hydrogen-bond donors (Lipinski definition) is 1. The molecule has 0 aromatic heterocycles. The average Bonchev–Trinajstić information content (AvgIpc) is 2.68. The van der Waals surface area contributed by atoms with E-state index in [-0.39, 0.29) is 10.8 Å². The van der Waals surface area contributed by atoms with Gasteiger partial charge in [-0.1, -0.05) is 12.5 Å². The monoisotopic (exact) mass is 379 g/mol. The predicted octanol–water partition coefficient (Wildman–Crippen LogP) is 1.99. The second-order valence-electron chi connectivity index (χ2n) is 7.32. The van der Waals surface area contributed by atoms with E-state index in [0.29, 0.717) is 31.2 Å². The fourth-order valence-corrected chi connectivity index (χ4v) is 5.36. The van der Waals surface area contributed by atoms with Crippen LogP contribution in [-0.4, -0.2) is 62.8 Å². The van der Waals surface area contributed by atoms with Gasteiger partial charge in [0.25, 0.3) is 5.91 Å². The van der Waals surface area contributed by atoms with Crippen LogP contribution in [0.4, 0.5) is 0 Å². The Morgan fingerprint density at radius 3 is 2.54 bits per heavy atom. The second-order valence-corrected chi connectivity index (χ2v) is 9.26. The molecule has 6 nitrogen and oxygen atoms in total. The van der Waals surface area contributed by atoms with Crippen molar-refractivity contribution in [2.45, 2.75) is 50.0 Å². The van der Waals surface area contributed by atoms with Crippen molar-refractivity contribution in [1.29, 1.82) is 0 Å². The van der Waals surface area contributed by atoms with E-state index in [0.717, 1.165) is 44.2 Å². The van der Waals surface area contributed by atoms with E-state index < -0.39 is 10.0 Å². The summed E-state index contributed by atoms with van der Waals surface area (Å²) in [4.78, 5) is 15.1. The first-order valence-corrected chi connectivity index (χ1v) is 10.9. The van der Waals surface area contributed by atoms with Crippen molar-refractivity contribution in [3.05, 3.63) is 29.3 Å². The SMILES string of the molecule is CNC1CCCN(C(=O)c2cc(S(=O)(=O)N3CCCCC3)ccc2C)C1. The summed E-state index contributed by atoms with van der Waals surface area (Å²) in [5.74, 6) is -0.0712. The highest BCUT2D eigenvalue weighted by Crippen LogP contribution is 2.24. The number of likely N-dealkylation sites (tertiary alicyclic amines) is 1. The van der Waals surface area contributed by atoms with Gasteiger partial charge >= 0.3 is 0 Å². The number of aryl methyl sites for hydroxylation is 1. The number of amides is 1. The molecule has 2 aliphatic rings. The summed E-state index contributed by atoms with van der Waals surface area (Å²) >= 11 is 0. The van der Waals surface area contributed by atoms with Gasteiger partial charge in [0.1, 0.15) is 0 Å². The normalized spacial score (nSPS) is 22.4. The van der Waals surface area contributed by atoms with E-state index in [1.165, 1.54) is 0 Å². The van der Waals surface area contributed by atoms with Gasteiger partial charge < -0.3 is 10.2 Å². The van der Waals surface area contributed by atoms with E-state index in [9.17, 15) is 13.2 Å². The molecule has 0 radical (unpaired) electrons. The van der Waals surface area contributed by atoms with Gasteiger partial charge in [0.2, 0.25) is 10.0 Å². The Labute approximate surface area is 156 Å². The van der Waals surface area contributed by atoms with Crippen molar-refractivity contribution in [3.63, 3.8) is 0 Å². The minimum Gasteiger partial charge on any atom is -0.337 e. The number of likely N-dealkylation sites (N-methyl/N-ethyl adjacent to an activating group) is 1. The third kappa shape index (κ3) is 3.94. The topological polar surface area (TPSA) is 69.7 Å². The van der Waals surface area contributed by atoms with Crippen molar-refractivity contribution in [2.75, 3.05) is 33.2 Å². The van der Waals surface area contributed by atoms with E-state index in [4.69, 9.17) is 0 Å². The van der Waals surface area contributed by atoms with Gasteiger partial charge in [-0.3, -0.25) is 4.79 Å². The molecular formula is C19H29N3O3S.